The number of benzene rings is 1. The second kappa shape index (κ2) is 6.86. The molecule has 1 saturated heterocycles. The van der Waals surface area contributed by atoms with E-state index >= 15 is 0 Å². The molecule has 7 heteroatoms. The zero-order valence-electron chi connectivity index (χ0n) is 13.9. The van der Waals surface area contributed by atoms with E-state index in [4.69, 9.17) is 11.6 Å². The Hall–Kier alpha value is -1.37. The molecule has 1 aromatic carbocycles. The molecule has 2 heterocycles. The summed E-state index contributed by atoms with van der Waals surface area (Å²) in [6.07, 6.45) is 4.46. The molecule has 1 aromatic heterocycles. The first-order chi connectivity index (χ1) is 11.4. The Labute approximate surface area is 148 Å². The molecule has 0 radical (unpaired) electrons. The number of halogens is 1. The van der Waals surface area contributed by atoms with Crippen LogP contribution in [0.5, 0.6) is 0 Å². The van der Waals surface area contributed by atoms with Gasteiger partial charge in [0.2, 0.25) is 0 Å². The van der Waals surface area contributed by atoms with Crippen LogP contribution in [0.1, 0.15) is 36.6 Å². The number of sulfonamides is 1. The van der Waals surface area contributed by atoms with Gasteiger partial charge in [-0.1, -0.05) is 30.2 Å². The van der Waals surface area contributed by atoms with E-state index in [2.05, 4.69) is 4.98 Å². The van der Waals surface area contributed by atoms with Gasteiger partial charge in [0.25, 0.3) is 10.0 Å². The number of aromatic nitrogens is 2. The molecule has 0 spiro atoms. The third kappa shape index (κ3) is 3.50. The first kappa shape index (κ1) is 17.5. The molecule has 0 N–H and O–H groups in total. The van der Waals surface area contributed by atoms with Crippen LogP contribution >= 0.6 is 11.6 Å². The van der Waals surface area contributed by atoms with Crippen molar-refractivity contribution in [3.63, 3.8) is 0 Å². The summed E-state index contributed by atoms with van der Waals surface area (Å²) < 4.78 is 29.3. The van der Waals surface area contributed by atoms with Crippen LogP contribution < -0.4 is 0 Å². The van der Waals surface area contributed by atoms with Crippen LogP contribution in [-0.4, -0.2) is 35.4 Å². The monoisotopic (exact) mass is 367 g/mol. The fourth-order valence-corrected chi connectivity index (χ4v) is 4.79. The molecule has 1 atom stereocenters. The number of imidazole rings is 1. The van der Waals surface area contributed by atoms with Gasteiger partial charge < -0.3 is 4.57 Å². The molecular formula is C17H22ClN3O2S. The number of hydrogen-bond donors (Lipinski definition) is 0. The Morgan fingerprint density at radius 2 is 1.92 bits per heavy atom. The quantitative estimate of drug-likeness (QED) is 0.836. The highest BCUT2D eigenvalue weighted by Gasteiger charge is 2.31. The first-order valence-corrected chi connectivity index (χ1v) is 9.95. The molecule has 24 heavy (non-hydrogen) atoms. The summed E-state index contributed by atoms with van der Waals surface area (Å²) >= 11 is 5.96. The first-order valence-electron chi connectivity index (χ1n) is 8.13. The summed E-state index contributed by atoms with van der Waals surface area (Å²) in [6.45, 7) is 2.83. The van der Waals surface area contributed by atoms with E-state index in [0.717, 1.165) is 24.8 Å². The van der Waals surface area contributed by atoms with Crippen molar-refractivity contribution in [2.45, 2.75) is 37.1 Å². The summed E-state index contributed by atoms with van der Waals surface area (Å²) in [7, 11) is -1.75. The van der Waals surface area contributed by atoms with Gasteiger partial charge in [-0.2, -0.15) is 4.31 Å². The van der Waals surface area contributed by atoms with Crippen molar-refractivity contribution in [3.05, 3.63) is 46.9 Å². The maximum Gasteiger partial charge on any atom is 0.262 e. The Balaban J connectivity index is 1.88. The van der Waals surface area contributed by atoms with Crippen molar-refractivity contribution in [3.8, 4) is 0 Å². The van der Waals surface area contributed by atoms with Crippen LogP contribution in [0.25, 0.3) is 0 Å². The van der Waals surface area contributed by atoms with Gasteiger partial charge in [0, 0.05) is 31.4 Å². The highest BCUT2D eigenvalue weighted by atomic mass is 35.5. The Morgan fingerprint density at radius 3 is 2.54 bits per heavy atom. The zero-order chi connectivity index (χ0) is 17.3. The largest absolute Gasteiger partial charge is 0.337 e. The van der Waals surface area contributed by atoms with Crippen molar-refractivity contribution < 1.29 is 8.42 Å². The van der Waals surface area contributed by atoms with E-state index in [9.17, 15) is 8.42 Å². The van der Waals surface area contributed by atoms with Crippen molar-refractivity contribution in [1.82, 2.24) is 13.9 Å². The summed E-state index contributed by atoms with van der Waals surface area (Å²) in [5.74, 6) is 0.877. The van der Waals surface area contributed by atoms with E-state index in [-0.39, 0.29) is 10.9 Å². The summed E-state index contributed by atoms with van der Waals surface area (Å²) in [4.78, 5) is 4.21. The Morgan fingerprint density at radius 1 is 1.21 bits per heavy atom. The van der Waals surface area contributed by atoms with Crippen LogP contribution in [0.15, 0.2) is 35.5 Å². The summed E-state index contributed by atoms with van der Waals surface area (Å²) in [5, 5.41) is 0.833. The predicted molar refractivity (Wildman–Crippen MR) is 94.7 cm³/mol. The Bertz CT molecular complexity index is 795. The van der Waals surface area contributed by atoms with Crippen molar-refractivity contribution in [2.24, 2.45) is 7.05 Å². The standard InChI is InChI=1S/C17H22ClN3O2S/c1-13-19-17(12-20(13)2)24(22,23)21-10-4-3-5-15(11-21)14-6-8-16(18)9-7-14/h6-9,12,15H,3-5,10-11H2,1-2H3. The van der Waals surface area contributed by atoms with E-state index in [0.29, 0.717) is 23.9 Å². The molecule has 0 bridgehead atoms. The zero-order valence-corrected chi connectivity index (χ0v) is 15.5. The van der Waals surface area contributed by atoms with Gasteiger partial charge in [0.1, 0.15) is 5.82 Å². The fourth-order valence-electron chi connectivity index (χ4n) is 3.12. The van der Waals surface area contributed by atoms with Gasteiger partial charge in [0.05, 0.1) is 0 Å². The molecule has 2 aromatic rings. The third-order valence-electron chi connectivity index (χ3n) is 4.67. The van der Waals surface area contributed by atoms with Gasteiger partial charge in [0.15, 0.2) is 5.03 Å². The molecule has 0 amide bonds. The minimum Gasteiger partial charge on any atom is -0.337 e. The lowest BCUT2D eigenvalue weighted by Gasteiger charge is -2.23. The average Bonchev–Trinajstić information content (AvgIpc) is 2.77. The van der Waals surface area contributed by atoms with Crippen molar-refractivity contribution in [2.75, 3.05) is 13.1 Å². The van der Waals surface area contributed by atoms with Crippen molar-refractivity contribution in [1.29, 1.82) is 0 Å². The van der Waals surface area contributed by atoms with E-state index in [1.165, 1.54) is 0 Å². The lowest BCUT2D eigenvalue weighted by atomic mass is 9.95. The van der Waals surface area contributed by atoms with Crippen LogP contribution in [0.3, 0.4) is 0 Å². The second-order valence-electron chi connectivity index (χ2n) is 6.34. The summed E-state index contributed by atoms with van der Waals surface area (Å²) in [5.41, 5.74) is 1.14. The molecule has 1 aliphatic heterocycles. The van der Waals surface area contributed by atoms with Crippen LogP contribution in [-0.2, 0) is 17.1 Å². The Kier molecular flexibility index (Phi) is 4.99. The van der Waals surface area contributed by atoms with Gasteiger partial charge >= 0.3 is 0 Å². The normalized spacial score (nSPS) is 20.0. The number of hydrogen-bond acceptors (Lipinski definition) is 3. The van der Waals surface area contributed by atoms with Gasteiger partial charge in [-0.15, -0.1) is 0 Å². The topological polar surface area (TPSA) is 55.2 Å². The molecule has 0 saturated carbocycles. The molecular weight excluding hydrogens is 346 g/mol. The summed E-state index contributed by atoms with van der Waals surface area (Å²) in [6, 6.07) is 7.72. The minimum atomic E-state index is -3.56. The second-order valence-corrected chi connectivity index (χ2v) is 8.67. The SMILES string of the molecule is Cc1nc(S(=O)(=O)N2CCCCC(c3ccc(Cl)cc3)C2)cn1C. The van der Waals surface area contributed by atoms with Crippen LogP contribution in [0.2, 0.25) is 5.02 Å². The van der Waals surface area contributed by atoms with Crippen LogP contribution in [0.4, 0.5) is 0 Å². The lowest BCUT2D eigenvalue weighted by Crippen LogP contribution is -2.34. The predicted octanol–water partition coefficient (Wildman–Crippen LogP) is 3.34. The highest BCUT2D eigenvalue weighted by molar-refractivity contribution is 7.89. The lowest BCUT2D eigenvalue weighted by molar-refractivity contribution is 0.404. The molecule has 1 aliphatic rings. The molecule has 1 unspecified atom stereocenters. The van der Waals surface area contributed by atoms with Gasteiger partial charge in [-0.3, -0.25) is 0 Å². The number of aryl methyl sites for hydroxylation is 2. The minimum absolute atomic E-state index is 0.138. The molecule has 0 aliphatic carbocycles. The van der Waals surface area contributed by atoms with E-state index in [1.54, 1.807) is 29.0 Å². The maximum atomic E-state index is 13.0. The smallest absolute Gasteiger partial charge is 0.262 e. The average molecular weight is 368 g/mol. The fraction of sp³-hybridized carbons (Fsp3) is 0.471. The van der Waals surface area contributed by atoms with Crippen LogP contribution in [0, 0.1) is 6.92 Å². The number of rotatable bonds is 3. The highest BCUT2D eigenvalue weighted by Crippen LogP contribution is 2.30. The van der Waals surface area contributed by atoms with Crippen molar-refractivity contribution >= 4 is 21.6 Å². The molecule has 130 valence electrons. The molecule has 1 fully saturated rings. The number of nitrogens with zero attached hydrogens (tertiary/aromatic N) is 3. The molecule has 3 rings (SSSR count). The van der Waals surface area contributed by atoms with Gasteiger partial charge in [-0.05, 0) is 43.4 Å². The maximum absolute atomic E-state index is 13.0. The van der Waals surface area contributed by atoms with E-state index in [1.807, 2.05) is 24.3 Å². The third-order valence-corrected chi connectivity index (χ3v) is 6.66. The van der Waals surface area contributed by atoms with Gasteiger partial charge in [-0.25, -0.2) is 13.4 Å². The molecule has 5 nitrogen and oxygen atoms in total. The van der Waals surface area contributed by atoms with E-state index < -0.39 is 10.0 Å².